The van der Waals surface area contributed by atoms with Gasteiger partial charge >= 0.3 is 0 Å². The summed E-state index contributed by atoms with van der Waals surface area (Å²) >= 11 is 0. The fourth-order valence-corrected chi connectivity index (χ4v) is 4.00. The van der Waals surface area contributed by atoms with Crippen LogP contribution in [0.1, 0.15) is 20.7 Å². The molecule has 0 atom stereocenters. The van der Waals surface area contributed by atoms with Gasteiger partial charge in [-0.1, -0.05) is 12.1 Å². The summed E-state index contributed by atoms with van der Waals surface area (Å²) in [4.78, 5) is 30.0. The maximum absolute atomic E-state index is 13.4. The highest BCUT2D eigenvalue weighted by molar-refractivity contribution is 6.00. The molecule has 0 saturated carbocycles. The molecular weight excluding hydrogens is 446 g/mol. The molecule has 0 aromatic heterocycles. The van der Waals surface area contributed by atoms with E-state index in [9.17, 15) is 9.59 Å². The number of rotatable bonds is 7. The number of amides is 2. The Morgan fingerprint density at radius 2 is 1.23 bits per heavy atom. The minimum absolute atomic E-state index is 0.0724. The fraction of sp³-hybridized carbons (Fsp3) is 0.259. The number of methoxy groups -OCH3 is 3. The Balaban J connectivity index is 1.43. The SMILES string of the molecule is COc1ccc(Nc2ccccc2C(=O)N2CCN(C(=O)c3cc(OC)cc(OC)c3)CC2)cc1. The zero-order valence-electron chi connectivity index (χ0n) is 20.1. The maximum atomic E-state index is 13.4. The van der Waals surface area contributed by atoms with Crippen molar-refractivity contribution >= 4 is 23.2 Å². The first-order chi connectivity index (χ1) is 17.0. The van der Waals surface area contributed by atoms with Gasteiger partial charge in [0.15, 0.2) is 0 Å². The van der Waals surface area contributed by atoms with Gasteiger partial charge in [-0.25, -0.2) is 0 Å². The standard InChI is InChI=1S/C27H29N3O5/c1-33-21-10-8-20(9-11-21)28-25-7-5-4-6-24(25)27(32)30-14-12-29(13-15-30)26(31)19-16-22(34-2)18-23(17-19)35-3/h4-11,16-18,28H,12-15H2,1-3H3. The third kappa shape index (κ3) is 5.48. The van der Waals surface area contributed by atoms with Crippen molar-refractivity contribution in [3.05, 3.63) is 77.9 Å². The van der Waals surface area contributed by atoms with E-state index in [0.29, 0.717) is 48.8 Å². The van der Waals surface area contributed by atoms with Gasteiger partial charge in [-0.15, -0.1) is 0 Å². The average molecular weight is 476 g/mol. The van der Waals surface area contributed by atoms with Crippen molar-refractivity contribution < 1.29 is 23.8 Å². The van der Waals surface area contributed by atoms with Gasteiger partial charge in [0.25, 0.3) is 11.8 Å². The number of carbonyl (C=O) groups is 2. The van der Waals surface area contributed by atoms with E-state index in [4.69, 9.17) is 14.2 Å². The molecule has 1 heterocycles. The number of nitrogens with zero attached hydrogens (tertiary/aromatic N) is 2. The minimum Gasteiger partial charge on any atom is -0.497 e. The Hall–Kier alpha value is -4.20. The molecule has 0 aliphatic carbocycles. The lowest BCUT2D eigenvalue weighted by Crippen LogP contribution is -2.50. The molecule has 35 heavy (non-hydrogen) atoms. The molecule has 1 aliphatic heterocycles. The number of hydrogen-bond donors (Lipinski definition) is 1. The largest absolute Gasteiger partial charge is 0.497 e. The molecule has 8 heteroatoms. The Morgan fingerprint density at radius 3 is 1.80 bits per heavy atom. The van der Waals surface area contributed by atoms with Gasteiger partial charge in [0.2, 0.25) is 0 Å². The van der Waals surface area contributed by atoms with Crippen molar-refractivity contribution in [1.29, 1.82) is 0 Å². The second-order valence-corrected chi connectivity index (χ2v) is 8.08. The summed E-state index contributed by atoms with van der Waals surface area (Å²) in [6.07, 6.45) is 0. The van der Waals surface area contributed by atoms with Crippen molar-refractivity contribution in [1.82, 2.24) is 9.80 Å². The first-order valence-corrected chi connectivity index (χ1v) is 11.3. The summed E-state index contributed by atoms with van der Waals surface area (Å²) in [5.41, 5.74) is 2.66. The number of benzene rings is 3. The van der Waals surface area contributed by atoms with Gasteiger partial charge in [0.1, 0.15) is 17.2 Å². The lowest BCUT2D eigenvalue weighted by Gasteiger charge is -2.35. The number of para-hydroxylation sites is 1. The average Bonchev–Trinajstić information content (AvgIpc) is 2.92. The zero-order valence-corrected chi connectivity index (χ0v) is 20.1. The second-order valence-electron chi connectivity index (χ2n) is 8.08. The van der Waals surface area contributed by atoms with Crippen LogP contribution in [0.15, 0.2) is 66.7 Å². The van der Waals surface area contributed by atoms with Crippen molar-refractivity contribution in [2.45, 2.75) is 0 Å². The number of hydrogen-bond acceptors (Lipinski definition) is 6. The van der Waals surface area contributed by atoms with Crippen LogP contribution in [0.3, 0.4) is 0 Å². The predicted molar refractivity (Wildman–Crippen MR) is 134 cm³/mol. The monoisotopic (exact) mass is 475 g/mol. The molecule has 0 bridgehead atoms. The highest BCUT2D eigenvalue weighted by Crippen LogP contribution is 2.26. The van der Waals surface area contributed by atoms with E-state index in [2.05, 4.69) is 5.32 Å². The molecule has 182 valence electrons. The van der Waals surface area contributed by atoms with Crippen LogP contribution in [0.25, 0.3) is 0 Å². The van der Waals surface area contributed by atoms with Crippen molar-refractivity contribution in [3.63, 3.8) is 0 Å². The minimum atomic E-state index is -0.115. The summed E-state index contributed by atoms with van der Waals surface area (Å²) in [7, 11) is 4.72. The van der Waals surface area contributed by atoms with E-state index in [-0.39, 0.29) is 11.8 Å². The lowest BCUT2D eigenvalue weighted by atomic mass is 10.1. The maximum Gasteiger partial charge on any atom is 0.256 e. The summed E-state index contributed by atoms with van der Waals surface area (Å²) in [5, 5.41) is 3.32. The smallest absolute Gasteiger partial charge is 0.256 e. The highest BCUT2D eigenvalue weighted by atomic mass is 16.5. The molecule has 1 fully saturated rings. The molecule has 0 radical (unpaired) electrons. The fourth-order valence-electron chi connectivity index (χ4n) is 4.00. The summed E-state index contributed by atoms with van der Waals surface area (Å²) < 4.78 is 15.8. The molecule has 2 amide bonds. The van der Waals surface area contributed by atoms with Gasteiger partial charge in [0, 0.05) is 43.5 Å². The number of nitrogens with one attached hydrogen (secondary N) is 1. The Kier molecular flexibility index (Phi) is 7.40. The van der Waals surface area contributed by atoms with Crippen LogP contribution >= 0.6 is 0 Å². The normalized spacial score (nSPS) is 13.2. The number of piperazine rings is 1. The Bertz CT molecular complexity index is 1170. The molecule has 8 nitrogen and oxygen atoms in total. The summed E-state index contributed by atoms with van der Waals surface area (Å²) in [5.74, 6) is 1.69. The number of carbonyl (C=O) groups excluding carboxylic acids is 2. The van der Waals surface area contributed by atoms with E-state index in [0.717, 1.165) is 17.1 Å². The lowest BCUT2D eigenvalue weighted by molar-refractivity contribution is 0.0535. The van der Waals surface area contributed by atoms with Crippen LogP contribution in [-0.4, -0.2) is 69.1 Å². The molecule has 4 rings (SSSR count). The van der Waals surface area contributed by atoms with Crippen molar-refractivity contribution in [2.24, 2.45) is 0 Å². The molecule has 1 saturated heterocycles. The van der Waals surface area contributed by atoms with E-state index in [1.54, 1.807) is 49.3 Å². The topological polar surface area (TPSA) is 80.3 Å². The van der Waals surface area contributed by atoms with Gasteiger partial charge < -0.3 is 29.3 Å². The van der Waals surface area contributed by atoms with Crippen LogP contribution < -0.4 is 19.5 Å². The van der Waals surface area contributed by atoms with Crippen molar-refractivity contribution in [3.8, 4) is 17.2 Å². The van der Waals surface area contributed by atoms with Gasteiger partial charge in [-0.3, -0.25) is 9.59 Å². The van der Waals surface area contributed by atoms with Crippen LogP contribution in [0.4, 0.5) is 11.4 Å². The third-order valence-corrected chi connectivity index (χ3v) is 5.98. The van der Waals surface area contributed by atoms with E-state index >= 15 is 0 Å². The van der Waals surface area contributed by atoms with Crippen molar-refractivity contribution in [2.75, 3.05) is 52.8 Å². The first-order valence-electron chi connectivity index (χ1n) is 11.3. The quantitative estimate of drug-likeness (QED) is 0.555. The van der Waals surface area contributed by atoms with Gasteiger partial charge in [0.05, 0.1) is 32.6 Å². The van der Waals surface area contributed by atoms with Gasteiger partial charge in [-0.05, 0) is 48.5 Å². The third-order valence-electron chi connectivity index (χ3n) is 5.98. The molecule has 1 N–H and O–H groups in total. The summed E-state index contributed by atoms with van der Waals surface area (Å²) in [6, 6.07) is 20.1. The molecule has 0 unspecified atom stereocenters. The van der Waals surface area contributed by atoms with E-state index in [1.807, 2.05) is 48.5 Å². The van der Waals surface area contributed by atoms with Crippen LogP contribution in [0.2, 0.25) is 0 Å². The highest BCUT2D eigenvalue weighted by Gasteiger charge is 2.27. The zero-order chi connectivity index (χ0) is 24.8. The first kappa shape index (κ1) is 23.9. The molecule has 1 aliphatic rings. The van der Waals surface area contributed by atoms with Crippen LogP contribution in [0, 0.1) is 0 Å². The van der Waals surface area contributed by atoms with Crippen LogP contribution in [0.5, 0.6) is 17.2 Å². The second kappa shape index (κ2) is 10.8. The number of anilines is 2. The molecule has 3 aromatic carbocycles. The molecule has 0 spiro atoms. The Morgan fingerprint density at radius 1 is 0.686 bits per heavy atom. The van der Waals surface area contributed by atoms with E-state index < -0.39 is 0 Å². The van der Waals surface area contributed by atoms with E-state index in [1.165, 1.54) is 0 Å². The molecule has 3 aromatic rings. The van der Waals surface area contributed by atoms with Crippen LogP contribution in [-0.2, 0) is 0 Å². The molecular formula is C27H29N3O5. The predicted octanol–water partition coefficient (Wildman–Crippen LogP) is 4.05. The Labute approximate surface area is 205 Å². The van der Waals surface area contributed by atoms with Gasteiger partial charge in [-0.2, -0.15) is 0 Å². The summed E-state index contributed by atoms with van der Waals surface area (Å²) in [6.45, 7) is 1.78. The number of ether oxygens (including phenoxy) is 3.